The molecule has 5 aromatic rings. The van der Waals surface area contributed by atoms with Gasteiger partial charge in [0.25, 0.3) is 5.56 Å². The van der Waals surface area contributed by atoms with Crippen molar-refractivity contribution in [3.05, 3.63) is 106 Å². The van der Waals surface area contributed by atoms with Crippen molar-refractivity contribution in [3.63, 3.8) is 0 Å². The van der Waals surface area contributed by atoms with Gasteiger partial charge in [0.05, 0.1) is 22.5 Å². The molecule has 35 heavy (non-hydrogen) atoms. The second kappa shape index (κ2) is 9.85. The molecule has 2 aromatic heterocycles. The van der Waals surface area contributed by atoms with E-state index in [2.05, 4.69) is 5.32 Å². The number of hydrogen-bond acceptors (Lipinski definition) is 5. The molecule has 0 saturated heterocycles. The minimum atomic E-state index is -0.505. The summed E-state index contributed by atoms with van der Waals surface area (Å²) in [6.07, 6.45) is 0. The van der Waals surface area contributed by atoms with Crippen LogP contribution in [-0.4, -0.2) is 21.2 Å². The Morgan fingerprint density at radius 2 is 1.66 bits per heavy atom. The molecule has 8 heteroatoms. The Labute approximate surface area is 209 Å². The number of thioether (sulfide) groups is 1. The van der Waals surface area contributed by atoms with E-state index in [1.54, 1.807) is 16.7 Å². The van der Waals surface area contributed by atoms with Crippen molar-refractivity contribution in [2.75, 3.05) is 11.1 Å². The number of amides is 1. The fourth-order valence-corrected chi connectivity index (χ4v) is 5.77. The van der Waals surface area contributed by atoms with E-state index in [1.165, 1.54) is 23.5 Å². The van der Waals surface area contributed by atoms with Crippen LogP contribution in [0.25, 0.3) is 27.0 Å². The number of carbonyl (C=O) groups excluding carboxylic acids is 1. The van der Waals surface area contributed by atoms with Gasteiger partial charge in [0.1, 0.15) is 10.6 Å². The molecule has 0 bridgehead atoms. The Morgan fingerprint density at radius 3 is 2.37 bits per heavy atom. The first-order valence-electron chi connectivity index (χ1n) is 10.9. The second-order valence-corrected chi connectivity index (χ2v) is 9.91. The van der Waals surface area contributed by atoms with E-state index in [0.717, 1.165) is 27.8 Å². The molecular weight excluding hydrogens is 481 g/mol. The van der Waals surface area contributed by atoms with Crippen molar-refractivity contribution in [1.29, 1.82) is 0 Å². The van der Waals surface area contributed by atoms with E-state index in [9.17, 15) is 14.0 Å². The Kier molecular flexibility index (Phi) is 6.48. The molecule has 5 nitrogen and oxygen atoms in total. The molecule has 0 radical (unpaired) electrons. The number of benzene rings is 3. The summed E-state index contributed by atoms with van der Waals surface area (Å²) >= 11 is 2.60. The molecule has 0 spiro atoms. The average molecular weight is 502 g/mol. The molecule has 0 fully saturated rings. The third-order valence-corrected chi connectivity index (χ3v) is 7.37. The highest BCUT2D eigenvalue weighted by Gasteiger charge is 2.21. The highest BCUT2D eigenvalue weighted by molar-refractivity contribution is 7.99. The van der Waals surface area contributed by atoms with Gasteiger partial charge in [0.15, 0.2) is 5.16 Å². The van der Waals surface area contributed by atoms with Crippen LogP contribution in [0.1, 0.15) is 4.88 Å². The Balaban J connectivity index is 1.58. The summed E-state index contributed by atoms with van der Waals surface area (Å²) in [4.78, 5) is 32.9. The van der Waals surface area contributed by atoms with Gasteiger partial charge in [0.2, 0.25) is 5.91 Å². The smallest absolute Gasteiger partial charge is 0.268 e. The van der Waals surface area contributed by atoms with Gasteiger partial charge in [-0.2, -0.15) is 0 Å². The fraction of sp³-hybridized carbons (Fsp3) is 0.0741. The summed E-state index contributed by atoms with van der Waals surface area (Å²) < 4.78 is 15.5. The summed E-state index contributed by atoms with van der Waals surface area (Å²) in [5, 5.41) is 3.54. The first-order chi connectivity index (χ1) is 17.0. The van der Waals surface area contributed by atoms with Crippen molar-refractivity contribution in [2.24, 2.45) is 0 Å². The third kappa shape index (κ3) is 4.62. The standard InChI is InChI=1S/C27H20FN3O2S2/c1-17-23(18-10-4-2-5-11-18)24-25(35-17)30-27(31(26(24)33)19-12-6-3-7-13-19)34-16-22(32)29-21-15-9-8-14-20(21)28/h2-15H,16H2,1H3,(H,29,32). The van der Waals surface area contributed by atoms with Crippen LogP contribution in [0.5, 0.6) is 0 Å². The minimum Gasteiger partial charge on any atom is -0.323 e. The number of rotatable bonds is 6. The van der Waals surface area contributed by atoms with E-state index in [-0.39, 0.29) is 22.9 Å². The Hall–Kier alpha value is -3.75. The summed E-state index contributed by atoms with van der Waals surface area (Å²) in [6, 6.07) is 25.0. The summed E-state index contributed by atoms with van der Waals surface area (Å²) in [5.74, 6) is -0.926. The van der Waals surface area contributed by atoms with Gasteiger partial charge >= 0.3 is 0 Å². The molecule has 0 aliphatic rings. The SMILES string of the molecule is Cc1sc2nc(SCC(=O)Nc3ccccc3F)n(-c3ccccc3)c(=O)c2c1-c1ccccc1. The number of anilines is 1. The Bertz CT molecular complexity index is 1580. The molecule has 0 atom stereocenters. The predicted octanol–water partition coefficient (Wildman–Crippen LogP) is 6.29. The van der Waals surface area contributed by atoms with E-state index in [1.807, 2.05) is 67.6 Å². The van der Waals surface area contributed by atoms with Crippen molar-refractivity contribution in [3.8, 4) is 16.8 Å². The van der Waals surface area contributed by atoms with Crippen LogP contribution in [0.3, 0.4) is 0 Å². The van der Waals surface area contributed by atoms with Crippen LogP contribution in [0.15, 0.2) is 94.9 Å². The third-order valence-electron chi connectivity index (χ3n) is 5.43. The average Bonchev–Trinajstić information content (AvgIpc) is 3.21. The number of nitrogens with one attached hydrogen (secondary N) is 1. The highest BCUT2D eigenvalue weighted by Crippen LogP contribution is 2.37. The summed E-state index contributed by atoms with van der Waals surface area (Å²) in [6.45, 7) is 1.98. The maximum atomic E-state index is 13.9. The van der Waals surface area contributed by atoms with Crippen molar-refractivity contribution in [1.82, 2.24) is 9.55 Å². The number of thiophene rings is 1. The normalized spacial score (nSPS) is 11.0. The van der Waals surface area contributed by atoms with Crippen molar-refractivity contribution < 1.29 is 9.18 Å². The minimum absolute atomic E-state index is 0.0327. The van der Waals surface area contributed by atoms with Crippen LogP contribution < -0.4 is 10.9 Å². The molecule has 174 valence electrons. The summed E-state index contributed by atoms with van der Waals surface area (Å²) in [5.41, 5.74) is 2.41. The summed E-state index contributed by atoms with van der Waals surface area (Å²) in [7, 11) is 0. The maximum absolute atomic E-state index is 13.9. The van der Waals surface area contributed by atoms with Crippen LogP contribution in [0.4, 0.5) is 10.1 Å². The molecule has 1 amide bonds. The van der Waals surface area contributed by atoms with Crippen LogP contribution >= 0.6 is 23.1 Å². The van der Waals surface area contributed by atoms with Gasteiger partial charge in [-0.15, -0.1) is 11.3 Å². The van der Waals surface area contributed by atoms with Gasteiger partial charge < -0.3 is 5.32 Å². The second-order valence-electron chi connectivity index (χ2n) is 7.77. The number of carbonyl (C=O) groups is 1. The molecule has 5 rings (SSSR count). The number of halogens is 1. The largest absolute Gasteiger partial charge is 0.323 e. The van der Waals surface area contributed by atoms with E-state index in [4.69, 9.17) is 4.98 Å². The topological polar surface area (TPSA) is 64.0 Å². The fourth-order valence-electron chi connectivity index (χ4n) is 3.88. The first kappa shape index (κ1) is 23.0. The van der Waals surface area contributed by atoms with Gasteiger partial charge in [-0.05, 0) is 36.8 Å². The molecule has 3 aromatic carbocycles. The molecule has 0 unspecified atom stereocenters. The lowest BCUT2D eigenvalue weighted by Crippen LogP contribution is -2.22. The highest BCUT2D eigenvalue weighted by atomic mass is 32.2. The van der Waals surface area contributed by atoms with E-state index < -0.39 is 5.82 Å². The quantitative estimate of drug-likeness (QED) is 0.219. The zero-order chi connectivity index (χ0) is 24.4. The molecule has 0 aliphatic carbocycles. The molecular formula is C27H20FN3O2S2. The molecule has 2 heterocycles. The number of para-hydroxylation sites is 2. The Morgan fingerprint density at radius 1 is 1.00 bits per heavy atom. The number of nitrogens with zero attached hydrogens (tertiary/aromatic N) is 2. The van der Waals surface area contributed by atoms with Crippen LogP contribution in [0.2, 0.25) is 0 Å². The van der Waals surface area contributed by atoms with Gasteiger partial charge in [-0.25, -0.2) is 9.37 Å². The molecule has 0 saturated carbocycles. The van der Waals surface area contributed by atoms with Gasteiger partial charge in [-0.3, -0.25) is 14.2 Å². The lowest BCUT2D eigenvalue weighted by atomic mass is 10.0. The van der Waals surface area contributed by atoms with E-state index >= 15 is 0 Å². The number of fused-ring (bicyclic) bond motifs is 1. The zero-order valence-electron chi connectivity index (χ0n) is 18.7. The number of aromatic nitrogens is 2. The van der Waals surface area contributed by atoms with Crippen LogP contribution in [0, 0.1) is 12.7 Å². The number of aryl methyl sites for hydroxylation is 1. The van der Waals surface area contributed by atoms with Crippen LogP contribution in [-0.2, 0) is 4.79 Å². The van der Waals surface area contributed by atoms with Gasteiger partial charge in [0, 0.05) is 10.4 Å². The van der Waals surface area contributed by atoms with E-state index in [0.29, 0.717) is 21.1 Å². The number of hydrogen-bond donors (Lipinski definition) is 1. The molecule has 1 N–H and O–H groups in total. The lowest BCUT2D eigenvalue weighted by molar-refractivity contribution is -0.113. The monoisotopic (exact) mass is 501 g/mol. The first-order valence-corrected chi connectivity index (χ1v) is 12.7. The maximum Gasteiger partial charge on any atom is 0.268 e. The van der Waals surface area contributed by atoms with Crippen molar-refractivity contribution in [2.45, 2.75) is 12.1 Å². The predicted molar refractivity (Wildman–Crippen MR) is 141 cm³/mol. The molecule has 0 aliphatic heterocycles. The van der Waals surface area contributed by atoms with Gasteiger partial charge in [-0.1, -0.05) is 72.4 Å². The lowest BCUT2D eigenvalue weighted by Gasteiger charge is -2.13. The van der Waals surface area contributed by atoms with Crippen molar-refractivity contribution >= 4 is 44.9 Å². The zero-order valence-corrected chi connectivity index (χ0v) is 20.3.